The Labute approximate surface area is 148 Å². The first-order valence-electron chi connectivity index (χ1n) is 7.90. The van der Waals surface area contributed by atoms with Crippen molar-refractivity contribution in [2.24, 2.45) is 0 Å². The minimum absolute atomic E-state index is 0.0566. The summed E-state index contributed by atoms with van der Waals surface area (Å²) < 4.78 is 23.7. The Kier molecular flexibility index (Phi) is 4.23. The summed E-state index contributed by atoms with van der Waals surface area (Å²) in [6.07, 6.45) is 0.637. The number of hydrogen-bond acceptors (Lipinski definition) is 6. The van der Waals surface area contributed by atoms with Gasteiger partial charge in [-0.05, 0) is 42.3 Å². The number of hydrogen-bond donors (Lipinski definition) is 1. The van der Waals surface area contributed by atoms with Crippen LogP contribution in [0.25, 0.3) is 0 Å². The van der Waals surface area contributed by atoms with Crippen LogP contribution in [0.15, 0.2) is 42.5 Å². The third-order valence-electron chi connectivity index (χ3n) is 3.97. The lowest BCUT2D eigenvalue weighted by atomic mass is 10.1. The second-order valence-electron chi connectivity index (χ2n) is 5.78. The Bertz CT molecular complexity index is 882. The van der Waals surface area contributed by atoms with E-state index < -0.39 is 0 Å². The molecule has 128 valence electrons. The Morgan fingerprint density at radius 2 is 1.92 bits per heavy atom. The molecule has 0 saturated heterocycles. The summed E-state index contributed by atoms with van der Waals surface area (Å²) in [7, 11) is 0. The van der Waals surface area contributed by atoms with Crippen LogP contribution in [0.1, 0.15) is 29.1 Å². The first-order valence-corrected chi connectivity index (χ1v) is 8.72. The zero-order chi connectivity index (χ0) is 17.2. The first-order chi connectivity index (χ1) is 12.2. The summed E-state index contributed by atoms with van der Waals surface area (Å²) in [5.41, 5.74) is 2.09. The van der Waals surface area contributed by atoms with Crippen LogP contribution >= 0.6 is 11.3 Å². The van der Waals surface area contributed by atoms with Crippen LogP contribution in [0.3, 0.4) is 0 Å². The number of fused-ring (bicyclic) bond motifs is 1. The van der Waals surface area contributed by atoms with Gasteiger partial charge in [0.2, 0.25) is 11.9 Å². The number of halogens is 1. The smallest absolute Gasteiger partial charge is 0.231 e. The molecule has 0 fully saturated rings. The predicted octanol–water partition coefficient (Wildman–Crippen LogP) is 4.17. The van der Waals surface area contributed by atoms with E-state index in [0.717, 1.165) is 32.8 Å². The molecule has 7 heteroatoms. The minimum atomic E-state index is -0.235. The van der Waals surface area contributed by atoms with E-state index in [1.165, 1.54) is 23.5 Å². The first kappa shape index (κ1) is 15.8. The number of rotatable bonds is 5. The Hall–Kier alpha value is -2.67. The van der Waals surface area contributed by atoms with E-state index in [4.69, 9.17) is 9.47 Å². The average molecular weight is 357 g/mol. The third kappa shape index (κ3) is 3.56. The molecule has 1 N–H and O–H groups in total. The van der Waals surface area contributed by atoms with Gasteiger partial charge in [-0.2, -0.15) is 0 Å². The minimum Gasteiger partial charge on any atom is -0.454 e. The lowest BCUT2D eigenvalue weighted by Gasteiger charge is -2.13. The Balaban J connectivity index is 1.42. The maximum atomic E-state index is 13.0. The fourth-order valence-electron chi connectivity index (χ4n) is 2.61. The highest BCUT2D eigenvalue weighted by Gasteiger charge is 2.16. The average Bonchev–Trinajstić information content (AvgIpc) is 3.25. The third-order valence-corrected chi connectivity index (χ3v) is 4.83. The van der Waals surface area contributed by atoms with Gasteiger partial charge < -0.3 is 14.8 Å². The quantitative estimate of drug-likeness (QED) is 0.743. The number of anilines is 1. The highest BCUT2D eigenvalue weighted by molar-refractivity contribution is 7.15. The van der Waals surface area contributed by atoms with Gasteiger partial charge in [0, 0.05) is 6.42 Å². The molecule has 4 rings (SSSR count). The van der Waals surface area contributed by atoms with E-state index >= 15 is 0 Å². The Morgan fingerprint density at radius 3 is 2.76 bits per heavy atom. The van der Waals surface area contributed by atoms with Gasteiger partial charge >= 0.3 is 0 Å². The molecule has 2 aromatic carbocycles. The van der Waals surface area contributed by atoms with E-state index in [1.54, 1.807) is 12.1 Å². The van der Waals surface area contributed by atoms with Gasteiger partial charge in [0.05, 0.1) is 6.04 Å². The molecule has 1 aliphatic heterocycles. The maximum Gasteiger partial charge on any atom is 0.231 e. The van der Waals surface area contributed by atoms with Gasteiger partial charge in [0.25, 0.3) is 0 Å². The van der Waals surface area contributed by atoms with Crippen LogP contribution in [0.5, 0.6) is 11.5 Å². The lowest BCUT2D eigenvalue weighted by molar-refractivity contribution is 0.174. The van der Waals surface area contributed by atoms with Gasteiger partial charge in [-0.3, -0.25) is 0 Å². The monoisotopic (exact) mass is 357 g/mol. The summed E-state index contributed by atoms with van der Waals surface area (Å²) in [5.74, 6) is 1.30. The molecule has 25 heavy (non-hydrogen) atoms. The number of ether oxygens (including phenoxy) is 2. The van der Waals surface area contributed by atoms with Gasteiger partial charge in [0.15, 0.2) is 11.5 Å². The highest BCUT2D eigenvalue weighted by Crippen LogP contribution is 2.35. The van der Waals surface area contributed by atoms with Crippen molar-refractivity contribution in [3.63, 3.8) is 0 Å². The van der Waals surface area contributed by atoms with Crippen molar-refractivity contribution >= 4 is 16.5 Å². The van der Waals surface area contributed by atoms with E-state index in [2.05, 4.69) is 22.4 Å². The molecule has 3 aromatic rings. The van der Waals surface area contributed by atoms with Gasteiger partial charge in [-0.15, -0.1) is 10.2 Å². The van der Waals surface area contributed by atoms with Gasteiger partial charge in [-0.1, -0.05) is 29.5 Å². The SMILES string of the molecule is CC(Nc1nnc(Cc2ccc(F)cc2)s1)c1ccc2c(c1)OCO2. The zero-order valence-electron chi connectivity index (χ0n) is 13.5. The van der Waals surface area contributed by atoms with Crippen LogP contribution in [-0.4, -0.2) is 17.0 Å². The molecule has 2 heterocycles. The topological polar surface area (TPSA) is 56.3 Å². The summed E-state index contributed by atoms with van der Waals surface area (Å²) in [4.78, 5) is 0. The van der Waals surface area contributed by atoms with Crippen molar-refractivity contribution in [2.45, 2.75) is 19.4 Å². The molecular weight excluding hydrogens is 341 g/mol. The van der Waals surface area contributed by atoms with Gasteiger partial charge in [0.1, 0.15) is 10.8 Å². The highest BCUT2D eigenvalue weighted by atomic mass is 32.1. The largest absolute Gasteiger partial charge is 0.454 e. The van der Waals surface area contributed by atoms with Crippen LogP contribution in [-0.2, 0) is 6.42 Å². The number of benzene rings is 2. The second kappa shape index (κ2) is 6.68. The van der Waals surface area contributed by atoms with E-state index in [0.29, 0.717) is 6.42 Å². The van der Waals surface area contributed by atoms with Crippen LogP contribution < -0.4 is 14.8 Å². The van der Waals surface area contributed by atoms with Crippen molar-refractivity contribution in [1.29, 1.82) is 0 Å². The van der Waals surface area contributed by atoms with E-state index in [9.17, 15) is 4.39 Å². The molecule has 0 amide bonds. The molecule has 0 saturated carbocycles. The normalized spacial score (nSPS) is 13.7. The maximum absolute atomic E-state index is 13.0. The fraction of sp³-hybridized carbons (Fsp3) is 0.222. The predicted molar refractivity (Wildman–Crippen MR) is 93.7 cm³/mol. The molecule has 1 atom stereocenters. The lowest BCUT2D eigenvalue weighted by Crippen LogP contribution is -2.06. The van der Waals surface area contributed by atoms with Crippen molar-refractivity contribution in [3.05, 3.63) is 64.4 Å². The van der Waals surface area contributed by atoms with Crippen LogP contribution in [0, 0.1) is 5.82 Å². The van der Waals surface area contributed by atoms with Crippen LogP contribution in [0.4, 0.5) is 9.52 Å². The fourth-order valence-corrected chi connectivity index (χ4v) is 3.47. The van der Waals surface area contributed by atoms with Crippen molar-refractivity contribution < 1.29 is 13.9 Å². The molecule has 0 spiro atoms. The van der Waals surface area contributed by atoms with E-state index in [-0.39, 0.29) is 18.7 Å². The molecule has 1 aliphatic rings. The van der Waals surface area contributed by atoms with Gasteiger partial charge in [-0.25, -0.2) is 4.39 Å². The number of aromatic nitrogens is 2. The second-order valence-corrected chi connectivity index (χ2v) is 6.84. The molecular formula is C18H16FN3O2S. The van der Waals surface area contributed by atoms with E-state index in [1.807, 2.05) is 18.2 Å². The molecule has 5 nitrogen and oxygen atoms in total. The Morgan fingerprint density at radius 1 is 1.12 bits per heavy atom. The summed E-state index contributed by atoms with van der Waals surface area (Å²) in [5, 5.41) is 13.4. The van der Waals surface area contributed by atoms with Crippen molar-refractivity contribution in [1.82, 2.24) is 10.2 Å². The molecule has 0 radical (unpaired) electrons. The molecule has 1 unspecified atom stereocenters. The standard InChI is InChI=1S/C18H16FN3O2S/c1-11(13-4-7-15-16(9-13)24-10-23-15)20-18-22-21-17(25-18)8-12-2-5-14(19)6-3-12/h2-7,9,11H,8,10H2,1H3,(H,20,22). The molecule has 0 bridgehead atoms. The zero-order valence-corrected chi connectivity index (χ0v) is 14.3. The summed E-state index contributed by atoms with van der Waals surface area (Å²) >= 11 is 1.50. The molecule has 1 aromatic heterocycles. The van der Waals surface area contributed by atoms with Crippen LogP contribution in [0.2, 0.25) is 0 Å². The summed E-state index contributed by atoms with van der Waals surface area (Å²) in [6, 6.07) is 12.4. The van der Waals surface area contributed by atoms with Crippen molar-refractivity contribution in [2.75, 3.05) is 12.1 Å². The number of nitrogens with zero attached hydrogens (tertiary/aromatic N) is 2. The van der Waals surface area contributed by atoms with Crippen molar-refractivity contribution in [3.8, 4) is 11.5 Å². The molecule has 0 aliphatic carbocycles. The number of nitrogens with one attached hydrogen (secondary N) is 1. The summed E-state index contributed by atoms with van der Waals surface area (Å²) in [6.45, 7) is 2.32.